The molecule has 2 aliphatic rings. The van der Waals surface area contributed by atoms with Crippen molar-refractivity contribution in [3.05, 3.63) is 54.0 Å². The summed E-state index contributed by atoms with van der Waals surface area (Å²) in [7, 11) is 0. The lowest BCUT2D eigenvalue weighted by Gasteiger charge is -2.32. The lowest BCUT2D eigenvalue weighted by molar-refractivity contribution is 0.0632. The van der Waals surface area contributed by atoms with Crippen molar-refractivity contribution in [1.82, 2.24) is 10.2 Å². The monoisotopic (exact) mass is 368 g/mol. The molecule has 1 saturated heterocycles. The van der Waals surface area contributed by atoms with Crippen molar-refractivity contribution in [2.24, 2.45) is 5.92 Å². The van der Waals surface area contributed by atoms with Crippen molar-refractivity contribution in [2.45, 2.75) is 31.7 Å². The first-order valence-corrected chi connectivity index (χ1v) is 9.54. The highest BCUT2D eigenvalue weighted by Crippen LogP contribution is 2.22. The Balaban J connectivity index is 1.31. The number of likely N-dealkylation sites (tertiary alicyclic amines) is 1. The fourth-order valence-electron chi connectivity index (χ4n) is 3.39. The highest BCUT2D eigenvalue weighted by atomic mass is 16.5. The highest BCUT2D eigenvalue weighted by molar-refractivity contribution is 5.95. The van der Waals surface area contributed by atoms with E-state index >= 15 is 0 Å². The van der Waals surface area contributed by atoms with E-state index < -0.39 is 0 Å². The number of carbonyl (C=O) groups excluding carboxylic acids is 2. The molecule has 1 aromatic heterocycles. The Morgan fingerprint density at radius 3 is 2.85 bits per heavy atom. The number of nitrogens with zero attached hydrogens (tertiary/aromatic N) is 1. The molecule has 2 aromatic rings. The van der Waals surface area contributed by atoms with E-state index in [2.05, 4.69) is 5.32 Å². The van der Waals surface area contributed by atoms with E-state index in [1.54, 1.807) is 18.2 Å². The van der Waals surface area contributed by atoms with Crippen LogP contribution < -0.4 is 10.1 Å². The summed E-state index contributed by atoms with van der Waals surface area (Å²) in [6, 6.07) is 9.33. The molecule has 2 amide bonds. The Labute approximate surface area is 158 Å². The average Bonchev–Trinajstić information content (AvgIpc) is 3.34. The summed E-state index contributed by atoms with van der Waals surface area (Å²) in [4.78, 5) is 26.5. The molecule has 2 fully saturated rings. The third kappa shape index (κ3) is 4.51. The molecular weight excluding hydrogens is 344 g/mol. The summed E-state index contributed by atoms with van der Waals surface area (Å²) in [6.07, 6.45) is 7.12. The van der Waals surface area contributed by atoms with Gasteiger partial charge in [-0.2, -0.15) is 0 Å². The third-order valence-corrected chi connectivity index (χ3v) is 5.07. The first kappa shape index (κ1) is 17.6. The van der Waals surface area contributed by atoms with Gasteiger partial charge in [-0.1, -0.05) is 6.07 Å². The van der Waals surface area contributed by atoms with Crippen LogP contribution in [0.2, 0.25) is 0 Å². The molecule has 0 bridgehead atoms. The van der Waals surface area contributed by atoms with Crippen molar-refractivity contribution < 1.29 is 18.7 Å². The minimum Gasteiger partial charge on any atom is -0.493 e. The van der Waals surface area contributed by atoms with Gasteiger partial charge in [-0.3, -0.25) is 9.59 Å². The Kier molecular flexibility index (Phi) is 5.14. The standard InChI is InChI=1S/C21H24N2O4/c24-20(22-18-6-7-18)16-4-1-5-19(11-16)27-13-15-3-2-9-23(12-15)21(25)17-8-10-26-14-17/h1,4-5,8,10-11,14-15,18H,2-3,6-7,9,12-13H2,(H,22,24)/t15-/m0/s1. The molecule has 1 aromatic carbocycles. The molecule has 2 heterocycles. The van der Waals surface area contributed by atoms with Crippen LogP contribution in [0.25, 0.3) is 0 Å². The van der Waals surface area contributed by atoms with Crippen molar-refractivity contribution in [3.63, 3.8) is 0 Å². The van der Waals surface area contributed by atoms with Crippen molar-refractivity contribution >= 4 is 11.8 Å². The number of hydrogen-bond acceptors (Lipinski definition) is 4. The number of benzene rings is 1. The van der Waals surface area contributed by atoms with Crippen LogP contribution in [-0.4, -0.2) is 42.5 Å². The Morgan fingerprint density at radius 1 is 1.19 bits per heavy atom. The van der Waals surface area contributed by atoms with Crippen LogP contribution >= 0.6 is 0 Å². The molecule has 4 rings (SSSR count). The number of ether oxygens (including phenoxy) is 1. The molecule has 1 N–H and O–H groups in total. The van der Waals surface area contributed by atoms with Crippen molar-refractivity contribution in [3.8, 4) is 5.75 Å². The highest BCUT2D eigenvalue weighted by Gasteiger charge is 2.26. The zero-order valence-corrected chi connectivity index (χ0v) is 15.2. The minimum absolute atomic E-state index is 0.00666. The van der Waals surface area contributed by atoms with Gasteiger partial charge in [0, 0.05) is 30.6 Å². The van der Waals surface area contributed by atoms with Gasteiger partial charge in [-0.05, 0) is 49.9 Å². The first-order chi connectivity index (χ1) is 13.2. The fraction of sp³-hybridized carbons (Fsp3) is 0.429. The lowest BCUT2D eigenvalue weighted by atomic mass is 9.98. The number of furan rings is 1. The predicted octanol–water partition coefficient (Wildman–Crippen LogP) is 3.10. The molecular formula is C21H24N2O4. The molecule has 0 spiro atoms. The summed E-state index contributed by atoms with van der Waals surface area (Å²) in [6.45, 7) is 1.96. The second-order valence-corrected chi connectivity index (χ2v) is 7.36. The van der Waals surface area contributed by atoms with E-state index in [4.69, 9.17) is 9.15 Å². The van der Waals surface area contributed by atoms with Crippen LogP contribution in [0.15, 0.2) is 47.3 Å². The summed E-state index contributed by atoms with van der Waals surface area (Å²) >= 11 is 0. The Hall–Kier alpha value is -2.76. The van der Waals surface area contributed by atoms with E-state index in [1.807, 2.05) is 17.0 Å². The molecule has 1 saturated carbocycles. The van der Waals surface area contributed by atoms with Crippen LogP contribution in [0.3, 0.4) is 0 Å². The molecule has 1 aliphatic heterocycles. The van der Waals surface area contributed by atoms with Gasteiger partial charge < -0.3 is 19.4 Å². The smallest absolute Gasteiger partial charge is 0.257 e. The van der Waals surface area contributed by atoms with Gasteiger partial charge in [0.2, 0.25) is 0 Å². The van der Waals surface area contributed by atoms with Crippen LogP contribution in [0.1, 0.15) is 46.4 Å². The van der Waals surface area contributed by atoms with E-state index in [9.17, 15) is 9.59 Å². The second-order valence-electron chi connectivity index (χ2n) is 7.36. The van der Waals surface area contributed by atoms with Crippen molar-refractivity contribution in [2.75, 3.05) is 19.7 Å². The summed E-state index contributed by atoms with van der Waals surface area (Å²) in [5.74, 6) is 0.931. The quantitative estimate of drug-likeness (QED) is 0.850. The zero-order valence-electron chi connectivity index (χ0n) is 15.2. The summed E-state index contributed by atoms with van der Waals surface area (Å²) < 4.78 is 11.0. The van der Waals surface area contributed by atoms with Crippen molar-refractivity contribution in [1.29, 1.82) is 0 Å². The lowest BCUT2D eigenvalue weighted by Crippen LogP contribution is -2.41. The predicted molar refractivity (Wildman–Crippen MR) is 99.8 cm³/mol. The van der Waals surface area contributed by atoms with Crippen LogP contribution in [0.4, 0.5) is 0 Å². The van der Waals surface area contributed by atoms with Gasteiger partial charge in [0.05, 0.1) is 18.4 Å². The molecule has 1 atom stereocenters. The number of carbonyl (C=O) groups is 2. The first-order valence-electron chi connectivity index (χ1n) is 9.54. The largest absolute Gasteiger partial charge is 0.493 e. The maximum atomic E-state index is 12.5. The Bertz CT molecular complexity index is 798. The molecule has 142 valence electrons. The third-order valence-electron chi connectivity index (χ3n) is 5.07. The normalized spacial score (nSPS) is 19.6. The SMILES string of the molecule is O=C(NC1CC1)c1cccc(OC[C@H]2CCCN(C(=O)c3ccoc3)C2)c1. The average molecular weight is 368 g/mol. The zero-order chi connectivity index (χ0) is 18.6. The van der Waals surface area contributed by atoms with E-state index in [0.29, 0.717) is 36.1 Å². The van der Waals surface area contributed by atoms with E-state index in [-0.39, 0.29) is 17.7 Å². The maximum absolute atomic E-state index is 12.5. The summed E-state index contributed by atoms with van der Waals surface area (Å²) in [5.41, 5.74) is 1.21. The number of nitrogens with one attached hydrogen (secondary N) is 1. The minimum atomic E-state index is -0.0440. The molecule has 0 unspecified atom stereocenters. The van der Waals surface area contributed by atoms with Gasteiger partial charge in [-0.25, -0.2) is 0 Å². The van der Waals surface area contributed by atoms with Gasteiger partial charge >= 0.3 is 0 Å². The van der Waals surface area contributed by atoms with E-state index in [0.717, 1.165) is 32.2 Å². The van der Waals surface area contributed by atoms with Gasteiger partial charge in [-0.15, -0.1) is 0 Å². The van der Waals surface area contributed by atoms with Gasteiger partial charge in [0.15, 0.2) is 0 Å². The topological polar surface area (TPSA) is 71.8 Å². The molecule has 27 heavy (non-hydrogen) atoms. The second kappa shape index (κ2) is 7.86. The van der Waals surface area contributed by atoms with E-state index in [1.165, 1.54) is 12.5 Å². The van der Waals surface area contributed by atoms with Crippen LogP contribution in [0, 0.1) is 5.92 Å². The molecule has 6 nitrogen and oxygen atoms in total. The number of hydrogen-bond donors (Lipinski definition) is 1. The fourth-order valence-corrected chi connectivity index (χ4v) is 3.39. The molecule has 1 aliphatic carbocycles. The van der Waals surface area contributed by atoms with Gasteiger partial charge in [0.1, 0.15) is 12.0 Å². The maximum Gasteiger partial charge on any atom is 0.257 e. The van der Waals surface area contributed by atoms with Crippen LogP contribution in [-0.2, 0) is 0 Å². The van der Waals surface area contributed by atoms with Crippen LogP contribution in [0.5, 0.6) is 5.75 Å². The molecule has 0 radical (unpaired) electrons. The Morgan fingerprint density at radius 2 is 2.07 bits per heavy atom. The number of piperidine rings is 1. The summed E-state index contributed by atoms with van der Waals surface area (Å²) in [5, 5.41) is 2.99. The number of rotatable bonds is 6. The molecule has 6 heteroatoms. The number of amides is 2. The van der Waals surface area contributed by atoms with Gasteiger partial charge in [0.25, 0.3) is 11.8 Å².